The van der Waals surface area contributed by atoms with Gasteiger partial charge < -0.3 is 9.47 Å². The van der Waals surface area contributed by atoms with Crippen LogP contribution in [0.15, 0.2) is 36.4 Å². The summed E-state index contributed by atoms with van der Waals surface area (Å²) in [5, 5.41) is 0. The Labute approximate surface area is 140 Å². The van der Waals surface area contributed by atoms with E-state index in [4.69, 9.17) is 9.47 Å². The summed E-state index contributed by atoms with van der Waals surface area (Å²) >= 11 is 0. The lowest BCUT2D eigenvalue weighted by Crippen LogP contribution is -2.21. The van der Waals surface area contributed by atoms with Crippen LogP contribution in [0.25, 0.3) is 0 Å². The third kappa shape index (κ3) is 6.50. The smallest absolute Gasteiger partial charge is 0.118 e. The number of benzene rings is 1. The van der Waals surface area contributed by atoms with Crippen LogP contribution in [0, 0.1) is 17.8 Å². The van der Waals surface area contributed by atoms with Crippen LogP contribution in [-0.2, 0) is 4.74 Å². The van der Waals surface area contributed by atoms with Crippen LogP contribution in [-0.4, -0.2) is 19.8 Å². The molecule has 0 heterocycles. The highest BCUT2D eigenvalue weighted by Crippen LogP contribution is 2.27. The van der Waals surface area contributed by atoms with Crippen molar-refractivity contribution in [2.75, 3.05) is 13.7 Å². The van der Waals surface area contributed by atoms with E-state index in [1.165, 1.54) is 38.5 Å². The molecule has 1 aliphatic rings. The van der Waals surface area contributed by atoms with Crippen molar-refractivity contribution < 1.29 is 9.47 Å². The Balaban J connectivity index is 1.71. The standard InChI is InChI=1S/C21H28O2/c1-3-4-17-23-21-15-11-19(12-16-21)8-6-5-7-18-9-13-20(22-2)14-10-18/h6,8-10,13-14,19,21H,3-4,11-12,15-17H2,1-2H3/b8-6+/t19-,21-. The minimum atomic E-state index is 0.483. The molecule has 0 unspecified atom stereocenters. The van der Waals surface area contributed by atoms with Gasteiger partial charge in [-0.1, -0.05) is 31.3 Å². The third-order valence-electron chi connectivity index (χ3n) is 4.33. The molecule has 0 radical (unpaired) electrons. The summed E-state index contributed by atoms with van der Waals surface area (Å²) in [6, 6.07) is 7.85. The van der Waals surface area contributed by atoms with E-state index in [0.29, 0.717) is 12.0 Å². The van der Waals surface area contributed by atoms with E-state index in [0.717, 1.165) is 17.9 Å². The van der Waals surface area contributed by atoms with Gasteiger partial charge in [0.2, 0.25) is 0 Å². The maximum absolute atomic E-state index is 5.91. The van der Waals surface area contributed by atoms with E-state index in [9.17, 15) is 0 Å². The largest absolute Gasteiger partial charge is 0.497 e. The SMILES string of the molecule is CCCCO[C@H]1CC[C@H](/C=C/C#Cc2ccc(OC)cc2)CC1. The second-order valence-corrected chi connectivity index (χ2v) is 6.12. The van der Waals surface area contributed by atoms with Gasteiger partial charge in [-0.15, -0.1) is 0 Å². The fourth-order valence-corrected chi connectivity index (χ4v) is 2.83. The van der Waals surface area contributed by atoms with Crippen molar-refractivity contribution in [3.8, 4) is 17.6 Å². The van der Waals surface area contributed by atoms with E-state index in [2.05, 4.69) is 24.8 Å². The average molecular weight is 312 g/mol. The predicted octanol–water partition coefficient (Wildman–Crippen LogP) is 4.98. The van der Waals surface area contributed by atoms with Crippen LogP contribution in [0.1, 0.15) is 51.0 Å². The molecule has 0 aliphatic heterocycles. The Morgan fingerprint density at radius 2 is 1.87 bits per heavy atom. The first kappa shape index (κ1) is 17.6. The number of hydrogen-bond donors (Lipinski definition) is 0. The molecule has 1 aromatic rings. The second-order valence-electron chi connectivity index (χ2n) is 6.12. The predicted molar refractivity (Wildman–Crippen MR) is 95.6 cm³/mol. The zero-order chi connectivity index (χ0) is 16.3. The fourth-order valence-electron chi connectivity index (χ4n) is 2.83. The lowest BCUT2D eigenvalue weighted by Gasteiger charge is -2.26. The van der Waals surface area contributed by atoms with Crippen molar-refractivity contribution in [3.05, 3.63) is 42.0 Å². The number of methoxy groups -OCH3 is 1. The lowest BCUT2D eigenvalue weighted by atomic mass is 9.87. The number of rotatable bonds is 6. The average Bonchev–Trinajstić information content (AvgIpc) is 2.61. The van der Waals surface area contributed by atoms with Gasteiger partial charge in [0.15, 0.2) is 0 Å². The summed E-state index contributed by atoms with van der Waals surface area (Å²) in [6.45, 7) is 3.13. The molecule has 0 atom stereocenters. The highest BCUT2D eigenvalue weighted by molar-refractivity contribution is 5.40. The van der Waals surface area contributed by atoms with Crippen LogP contribution in [0.4, 0.5) is 0 Å². The van der Waals surface area contributed by atoms with Crippen molar-refractivity contribution in [1.29, 1.82) is 0 Å². The minimum Gasteiger partial charge on any atom is -0.497 e. The summed E-state index contributed by atoms with van der Waals surface area (Å²) < 4.78 is 11.1. The normalized spacial score (nSPS) is 21.0. The molecule has 2 heteroatoms. The van der Waals surface area contributed by atoms with Gasteiger partial charge >= 0.3 is 0 Å². The molecule has 23 heavy (non-hydrogen) atoms. The molecule has 124 valence electrons. The highest BCUT2D eigenvalue weighted by Gasteiger charge is 2.19. The maximum Gasteiger partial charge on any atom is 0.118 e. The van der Waals surface area contributed by atoms with Crippen molar-refractivity contribution in [3.63, 3.8) is 0 Å². The summed E-state index contributed by atoms with van der Waals surface area (Å²) in [7, 11) is 1.67. The lowest BCUT2D eigenvalue weighted by molar-refractivity contribution is 0.0209. The Morgan fingerprint density at radius 3 is 2.52 bits per heavy atom. The summed E-state index contributed by atoms with van der Waals surface area (Å²) in [5.74, 6) is 7.82. The molecule has 0 spiro atoms. The molecule has 0 saturated heterocycles. The first-order valence-corrected chi connectivity index (χ1v) is 8.75. The van der Waals surface area contributed by atoms with Crippen LogP contribution >= 0.6 is 0 Å². The van der Waals surface area contributed by atoms with Gasteiger partial charge in [0.25, 0.3) is 0 Å². The van der Waals surface area contributed by atoms with Gasteiger partial charge in [0, 0.05) is 12.2 Å². The van der Waals surface area contributed by atoms with E-state index >= 15 is 0 Å². The van der Waals surface area contributed by atoms with E-state index < -0.39 is 0 Å². The Hall–Kier alpha value is -1.72. The van der Waals surface area contributed by atoms with Crippen LogP contribution in [0.2, 0.25) is 0 Å². The molecule has 1 fully saturated rings. The van der Waals surface area contributed by atoms with Gasteiger partial charge in [-0.3, -0.25) is 0 Å². The highest BCUT2D eigenvalue weighted by atomic mass is 16.5. The molecule has 0 bridgehead atoms. The summed E-state index contributed by atoms with van der Waals surface area (Å²) in [6.07, 6.45) is 12.0. The van der Waals surface area contributed by atoms with Crippen molar-refractivity contribution >= 4 is 0 Å². The van der Waals surface area contributed by atoms with E-state index in [-0.39, 0.29) is 0 Å². The second kappa shape index (κ2) is 10.1. The van der Waals surface area contributed by atoms with E-state index in [1.54, 1.807) is 7.11 Å². The molecule has 1 aliphatic carbocycles. The topological polar surface area (TPSA) is 18.5 Å². The molecular weight excluding hydrogens is 284 g/mol. The van der Waals surface area contributed by atoms with Gasteiger partial charge in [0.1, 0.15) is 5.75 Å². The van der Waals surface area contributed by atoms with Gasteiger partial charge in [-0.2, -0.15) is 0 Å². The van der Waals surface area contributed by atoms with Gasteiger partial charge in [0.05, 0.1) is 13.2 Å². The van der Waals surface area contributed by atoms with Crippen molar-refractivity contribution in [2.45, 2.75) is 51.6 Å². The van der Waals surface area contributed by atoms with Crippen LogP contribution < -0.4 is 4.74 Å². The van der Waals surface area contributed by atoms with Crippen LogP contribution in [0.3, 0.4) is 0 Å². The third-order valence-corrected chi connectivity index (χ3v) is 4.33. The zero-order valence-electron chi connectivity index (χ0n) is 14.4. The molecule has 0 amide bonds. The number of allylic oxidation sites excluding steroid dienone is 2. The maximum atomic E-state index is 5.91. The number of ether oxygens (including phenoxy) is 2. The molecule has 1 aromatic carbocycles. The van der Waals surface area contributed by atoms with Crippen LogP contribution in [0.5, 0.6) is 5.75 Å². The zero-order valence-corrected chi connectivity index (χ0v) is 14.4. The van der Waals surface area contributed by atoms with E-state index in [1.807, 2.05) is 30.3 Å². The summed E-state index contributed by atoms with van der Waals surface area (Å²) in [4.78, 5) is 0. The number of unbranched alkanes of at least 4 members (excludes halogenated alkanes) is 1. The Bertz CT molecular complexity index is 525. The quantitative estimate of drug-likeness (QED) is 0.545. The molecule has 0 aromatic heterocycles. The van der Waals surface area contributed by atoms with Gasteiger partial charge in [-0.05, 0) is 68.4 Å². The van der Waals surface area contributed by atoms with Crippen molar-refractivity contribution in [2.24, 2.45) is 5.92 Å². The molecule has 2 nitrogen and oxygen atoms in total. The van der Waals surface area contributed by atoms with Crippen molar-refractivity contribution in [1.82, 2.24) is 0 Å². The van der Waals surface area contributed by atoms with Gasteiger partial charge in [-0.25, -0.2) is 0 Å². The fraction of sp³-hybridized carbons (Fsp3) is 0.524. The first-order valence-electron chi connectivity index (χ1n) is 8.75. The Morgan fingerprint density at radius 1 is 1.13 bits per heavy atom. The molecule has 1 saturated carbocycles. The molecule has 0 N–H and O–H groups in total. The summed E-state index contributed by atoms with van der Waals surface area (Å²) in [5.41, 5.74) is 1.02. The monoisotopic (exact) mass is 312 g/mol. The molecule has 2 rings (SSSR count). The minimum absolute atomic E-state index is 0.483. The Kier molecular flexibility index (Phi) is 7.77. The first-order chi connectivity index (χ1) is 11.3. The molecular formula is C21H28O2. The number of hydrogen-bond acceptors (Lipinski definition) is 2.